The summed E-state index contributed by atoms with van der Waals surface area (Å²) in [5, 5.41) is 23.7. The maximum atomic E-state index is 9.68. The fourth-order valence-electron chi connectivity index (χ4n) is 3.03. The van der Waals surface area contributed by atoms with Crippen molar-refractivity contribution in [3.8, 4) is 11.5 Å². The number of phenols is 2. The van der Waals surface area contributed by atoms with Crippen molar-refractivity contribution in [2.24, 2.45) is 7.05 Å². The molecule has 0 unspecified atom stereocenters. The summed E-state index contributed by atoms with van der Waals surface area (Å²) in [6.07, 6.45) is 0. The van der Waals surface area contributed by atoms with Gasteiger partial charge in [0.1, 0.15) is 11.5 Å². The summed E-state index contributed by atoms with van der Waals surface area (Å²) >= 11 is 0. The SMILES string of the molecule is Cn1c2cc(O)ccc2c2ccc3cc(O)ccc3c21. The van der Waals surface area contributed by atoms with Crippen LogP contribution in [0.5, 0.6) is 11.5 Å². The van der Waals surface area contributed by atoms with Gasteiger partial charge in [0.15, 0.2) is 0 Å². The van der Waals surface area contributed by atoms with Gasteiger partial charge in [-0.3, -0.25) is 0 Å². The van der Waals surface area contributed by atoms with E-state index >= 15 is 0 Å². The fourth-order valence-corrected chi connectivity index (χ4v) is 3.03. The Morgan fingerprint density at radius 1 is 0.750 bits per heavy atom. The first-order chi connectivity index (χ1) is 9.65. The molecule has 0 radical (unpaired) electrons. The fraction of sp³-hybridized carbons (Fsp3) is 0.0588. The highest BCUT2D eigenvalue weighted by molar-refractivity contribution is 6.17. The molecule has 0 amide bonds. The van der Waals surface area contributed by atoms with Gasteiger partial charge in [-0.25, -0.2) is 0 Å². The third-order valence-electron chi connectivity index (χ3n) is 3.94. The molecule has 4 aromatic rings. The zero-order valence-electron chi connectivity index (χ0n) is 11.0. The highest BCUT2D eigenvalue weighted by Gasteiger charge is 2.11. The maximum Gasteiger partial charge on any atom is 0.117 e. The average molecular weight is 263 g/mol. The van der Waals surface area contributed by atoms with Gasteiger partial charge in [0.2, 0.25) is 0 Å². The van der Waals surface area contributed by atoms with Crippen molar-refractivity contribution >= 4 is 32.6 Å². The topological polar surface area (TPSA) is 45.4 Å². The summed E-state index contributed by atoms with van der Waals surface area (Å²) in [5.41, 5.74) is 2.11. The van der Waals surface area contributed by atoms with Crippen LogP contribution in [0.25, 0.3) is 32.6 Å². The van der Waals surface area contributed by atoms with Gasteiger partial charge in [0, 0.05) is 29.3 Å². The maximum absolute atomic E-state index is 9.68. The molecule has 0 aliphatic rings. The third kappa shape index (κ3) is 1.35. The van der Waals surface area contributed by atoms with E-state index in [0.29, 0.717) is 0 Å². The van der Waals surface area contributed by atoms with E-state index in [4.69, 9.17) is 0 Å². The van der Waals surface area contributed by atoms with Gasteiger partial charge in [-0.15, -0.1) is 0 Å². The zero-order chi connectivity index (χ0) is 13.9. The molecule has 0 fully saturated rings. The van der Waals surface area contributed by atoms with E-state index in [1.807, 2.05) is 25.2 Å². The van der Waals surface area contributed by atoms with Crippen molar-refractivity contribution in [2.75, 3.05) is 0 Å². The predicted molar refractivity (Wildman–Crippen MR) is 81.3 cm³/mol. The van der Waals surface area contributed by atoms with Crippen LogP contribution < -0.4 is 0 Å². The molecule has 0 saturated heterocycles. The summed E-state index contributed by atoms with van der Waals surface area (Å²) < 4.78 is 2.09. The lowest BCUT2D eigenvalue weighted by atomic mass is 10.1. The zero-order valence-corrected chi connectivity index (χ0v) is 11.0. The summed E-state index contributed by atoms with van der Waals surface area (Å²) in [6.45, 7) is 0. The van der Waals surface area contributed by atoms with Crippen LogP contribution in [0, 0.1) is 0 Å². The first-order valence-electron chi connectivity index (χ1n) is 6.48. The molecule has 3 aromatic carbocycles. The van der Waals surface area contributed by atoms with Crippen molar-refractivity contribution < 1.29 is 10.2 Å². The quantitative estimate of drug-likeness (QED) is 0.505. The lowest BCUT2D eigenvalue weighted by Gasteiger charge is -2.04. The van der Waals surface area contributed by atoms with Crippen molar-refractivity contribution in [3.63, 3.8) is 0 Å². The van der Waals surface area contributed by atoms with Gasteiger partial charge in [-0.2, -0.15) is 0 Å². The molecule has 0 aliphatic heterocycles. The molecule has 0 aliphatic carbocycles. The Bertz CT molecular complexity index is 983. The molecule has 0 atom stereocenters. The number of aromatic nitrogens is 1. The second kappa shape index (κ2) is 3.67. The smallest absolute Gasteiger partial charge is 0.117 e. The molecule has 4 rings (SSSR count). The average Bonchev–Trinajstić information content (AvgIpc) is 2.72. The van der Waals surface area contributed by atoms with Gasteiger partial charge in [0.25, 0.3) is 0 Å². The first kappa shape index (κ1) is 11.2. The highest BCUT2D eigenvalue weighted by atomic mass is 16.3. The minimum absolute atomic E-state index is 0.269. The molecule has 2 N–H and O–H groups in total. The van der Waals surface area contributed by atoms with Crippen molar-refractivity contribution in [3.05, 3.63) is 48.5 Å². The number of benzene rings is 3. The Morgan fingerprint density at radius 2 is 1.40 bits per heavy atom. The first-order valence-corrected chi connectivity index (χ1v) is 6.48. The van der Waals surface area contributed by atoms with Crippen molar-refractivity contribution in [1.82, 2.24) is 4.57 Å². The molecule has 0 bridgehead atoms. The number of aromatic hydroxyl groups is 2. The largest absolute Gasteiger partial charge is 0.508 e. The second-order valence-corrected chi connectivity index (χ2v) is 5.13. The van der Waals surface area contributed by atoms with E-state index in [-0.39, 0.29) is 11.5 Å². The number of rotatable bonds is 0. The van der Waals surface area contributed by atoms with E-state index in [1.54, 1.807) is 24.3 Å². The second-order valence-electron chi connectivity index (χ2n) is 5.13. The third-order valence-corrected chi connectivity index (χ3v) is 3.94. The monoisotopic (exact) mass is 263 g/mol. The number of hydrogen-bond acceptors (Lipinski definition) is 2. The molecule has 3 heteroatoms. The van der Waals surface area contributed by atoms with Gasteiger partial charge in [0.05, 0.1) is 11.0 Å². The summed E-state index contributed by atoms with van der Waals surface area (Å²) in [6, 6.07) is 14.9. The van der Waals surface area contributed by atoms with E-state index in [2.05, 4.69) is 10.6 Å². The molecular formula is C17H13NO2. The molecule has 1 heterocycles. The van der Waals surface area contributed by atoms with Gasteiger partial charge < -0.3 is 14.8 Å². The van der Waals surface area contributed by atoms with Crippen molar-refractivity contribution in [1.29, 1.82) is 0 Å². The van der Waals surface area contributed by atoms with Crippen LogP contribution in [0.4, 0.5) is 0 Å². The number of fused-ring (bicyclic) bond motifs is 5. The van der Waals surface area contributed by atoms with Crippen LogP contribution >= 0.6 is 0 Å². The van der Waals surface area contributed by atoms with Gasteiger partial charge >= 0.3 is 0 Å². The van der Waals surface area contributed by atoms with E-state index < -0.39 is 0 Å². The number of nitrogens with zero attached hydrogens (tertiary/aromatic N) is 1. The molecule has 98 valence electrons. The molecule has 0 saturated carbocycles. The van der Waals surface area contributed by atoms with Crippen LogP contribution in [0.2, 0.25) is 0 Å². The Labute approximate surface area is 115 Å². The van der Waals surface area contributed by atoms with Crippen LogP contribution in [-0.2, 0) is 7.05 Å². The Morgan fingerprint density at radius 3 is 2.20 bits per heavy atom. The number of hydrogen-bond donors (Lipinski definition) is 2. The summed E-state index contributed by atoms with van der Waals surface area (Å²) in [7, 11) is 2.00. The van der Waals surface area contributed by atoms with E-state index in [9.17, 15) is 10.2 Å². The minimum Gasteiger partial charge on any atom is -0.508 e. The normalized spacial score (nSPS) is 11.7. The minimum atomic E-state index is 0.269. The van der Waals surface area contributed by atoms with E-state index in [1.165, 1.54) is 0 Å². The standard InChI is InChI=1S/C17H13NO2/c1-18-16-9-12(20)4-7-14(16)15-5-2-10-8-11(19)3-6-13(10)17(15)18/h2-9,19-20H,1H3. The Balaban J connectivity index is 2.30. The lowest BCUT2D eigenvalue weighted by molar-refractivity contribution is 0.475. The molecule has 3 nitrogen and oxygen atoms in total. The van der Waals surface area contributed by atoms with Crippen LogP contribution in [0.1, 0.15) is 0 Å². The molecule has 1 aromatic heterocycles. The van der Waals surface area contributed by atoms with Crippen LogP contribution in [-0.4, -0.2) is 14.8 Å². The predicted octanol–water partition coefficient (Wildman–Crippen LogP) is 3.90. The number of phenolic OH excluding ortho intramolecular Hbond substituents is 2. The Hall–Kier alpha value is -2.68. The van der Waals surface area contributed by atoms with Gasteiger partial charge in [-0.05, 0) is 35.7 Å². The summed E-state index contributed by atoms with van der Waals surface area (Å²) in [4.78, 5) is 0. The van der Waals surface area contributed by atoms with Crippen LogP contribution in [0.3, 0.4) is 0 Å². The molecular weight excluding hydrogens is 250 g/mol. The molecule has 20 heavy (non-hydrogen) atoms. The molecule has 0 spiro atoms. The van der Waals surface area contributed by atoms with Gasteiger partial charge in [-0.1, -0.05) is 12.1 Å². The number of aryl methyl sites for hydroxylation is 1. The van der Waals surface area contributed by atoms with Crippen LogP contribution in [0.15, 0.2) is 48.5 Å². The summed E-state index contributed by atoms with van der Waals surface area (Å²) in [5.74, 6) is 0.540. The lowest BCUT2D eigenvalue weighted by Crippen LogP contribution is -1.87. The van der Waals surface area contributed by atoms with Crippen molar-refractivity contribution in [2.45, 2.75) is 0 Å². The van der Waals surface area contributed by atoms with E-state index in [0.717, 1.165) is 32.6 Å². The highest BCUT2D eigenvalue weighted by Crippen LogP contribution is 2.35. The Kier molecular flexibility index (Phi) is 2.05.